The molecular weight excluding hydrogens is 486 g/mol. The lowest BCUT2D eigenvalue weighted by Gasteiger charge is -2.32. The molecule has 35 heavy (non-hydrogen) atoms. The quantitative estimate of drug-likeness (QED) is 0.538. The third-order valence-electron chi connectivity index (χ3n) is 6.44. The number of carbonyl (C=O) groups excluding carboxylic acids is 2. The van der Waals surface area contributed by atoms with Crippen LogP contribution in [0.5, 0.6) is 0 Å². The Bertz CT molecular complexity index is 1160. The van der Waals surface area contributed by atoms with E-state index in [9.17, 15) is 18.0 Å². The summed E-state index contributed by atoms with van der Waals surface area (Å²) in [6.07, 6.45) is 5.09. The maximum atomic E-state index is 13.6. The molecule has 0 radical (unpaired) electrons. The summed E-state index contributed by atoms with van der Waals surface area (Å²) in [5.41, 5.74) is 2.98. The number of amides is 2. The van der Waals surface area contributed by atoms with Gasteiger partial charge < -0.3 is 10.2 Å². The smallest absolute Gasteiger partial charge is 0.244 e. The van der Waals surface area contributed by atoms with Gasteiger partial charge >= 0.3 is 0 Å². The molecule has 0 bridgehead atoms. The lowest BCUT2D eigenvalue weighted by Crippen LogP contribution is -2.52. The summed E-state index contributed by atoms with van der Waals surface area (Å²) in [5, 5.41) is 3.62. The van der Waals surface area contributed by atoms with E-state index in [1.54, 1.807) is 37.3 Å². The van der Waals surface area contributed by atoms with Crippen LogP contribution in [0.25, 0.3) is 0 Å². The van der Waals surface area contributed by atoms with Crippen LogP contribution in [0.4, 0.5) is 5.69 Å². The molecule has 3 rings (SSSR count). The number of hydrogen-bond acceptors (Lipinski definition) is 4. The van der Waals surface area contributed by atoms with E-state index in [-0.39, 0.29) is 18.5 Å². The molecule has 7 nitrogen and oxygen atoms in total. The van der Waals surface area contributed by atoms with Crippen molar-refractivity contribution in [2.24, 2.45) is 0 Å². The second kappa shape index (κ2) is 11.4. The Kier molecular flexibility index (Phi) is 8.83. The van der Waals surface area contributed by atoms with E-state index < -0.39 is 28.5 Å². The monoisotopic (exact) mass is 519 g/mol. The maximum Gasteiger partial charge on any atom is 0.244 e. The van der Waals surface area contributed by atoms with Gasteiger partial charge in [-0.05, 0) is 62.9 Å². The molecule has 2 aromatic carbocycles. The average Bonchev–Trinajstić information content (AvgIpc) is 3.29. The van der Waals surface area contributed by atoms with Crippen LogP contribution in [-0.4, -0.2) is 50.0 Å². The number of benzene rings is 2. The van der Waals surface area contributed by atoms with Gasteiger partial charge in [0.05, 0.1) is 11.9 Å². The van der Waals surface area contributed by atoms with Crippen molar-refractivity contribution >= 4 is 39.1 Å². The van der Waals surface area contributed by atoms with E-state index in [2.05, 4.69) is 5.32 Å². The van der Waals surface area contributed by atoms with Gasteiger partial charge in [0.2, 0.25) is 21.8 Å². The second-order valence-electron chi connectivity index (χ2n) is 9.37. The van der Waals surface area contributed by atoms with Crippen LogP contribution in [0.1, 0.15) is 49.3 Å². The summed E-state index contributed by atoms with van der Waals surface area (Å²) in [4.78, 5) is 28.1. The molecule has 0 saturated heterocycles. The number of rotatable bonds is 9. The van der Waals surface area contributed by atoms with Crippen molar-refractivity contribution < 1.29 is 18.0 Å². The van der Waals surface area contributed by atoms with E-state index in [0.717, 1.165) is 52.9 Å². The third-order valence-corrected chi connectivity index (χ3v) is 7.81. The van der Waals surface area contributed by atoms with Gasteiger partial charge in [-0.15, -0.1) is 0 Å². The minimum atomic E-state index is -3.76. The Hall–Kier alpha value is -2.58. The van der Waals surface area contributed by atoms with Crippen LogP contribution in [0, 0.1) is 13.8 Å². The molecule has 9 heteroatoms. The zero-order chi connectivity index (χ0) is 25.8. The summed E-state index contributed by atoms with van der Waals surface area (Å²) in [5.74, 6) is -0.698. The molecule has 190 valence electrons. The Labute approximate surface area is 213 Å². The molecule has 1 unspecified atom stereocenters. The highest BCUT2D eigenvalue weighted by Gasteiger charge is 2.31. The van der Waals surface area contributed by atoms with E-state index in [1.807, 2.05) is 26.0 Å². The van der Waals surface area contributed by atoms with E-state index in [1.165, 1.54) is 4.90 Å². The zero-order valence-electron chi connectivity index (χ0n) is 20.8. The number of carbonyl (C=O) groups is 2. The first kappa shape index (κ1) is 27.0. The molecule has 1 saturated carbocycles. The average molecular weight is 520 g/mol. The highest BCUT2D eigenvalue weighted by molar-refractivity contribution is 7.92. The normalized spacial score (nSPS) is 15.0. The van der Waals surface area contributed by atoms with Gasteiger partial charge in [0.15, 0.2) is 0 Å². The summed E-state index contributed by atoms with van der Waals surface area (Å²) < 4.78 is 26.5. The maximum absolute atomic E-state index is 13.6. The summed E-state index contributed by atoms with van der Waals surface area (Å²) in [6, 6.07) is 11.8. The number of anilines is 1. The second-order valence-corrected chi connectivity index (χ2v) is 11.7. The molecule has 0 aromatic heterocycles. The molecule has 0 heterocycles. The fourth-order valence-corrected chi connectivity index (χ4v) is 5.47. The number of hydrogen-bond donors (Lipinski definition) is 1. The number of aryl methyl sites for hydroxylation is 2. The van der Waals surface area contributed by atoms with Crippen LogP contribution >= 0.6 is 11.6 Å². The first-order valence-corrected chi connectivity index (χ1v) is 14.1. The van der Waals surface area contributed by atoms with Crippen molar-refractivity contribution in [2.75, 3.05) is 17.1 Å². The van der Waals surface area contributed by atoms with Gasteiger partial charge in [-0.25, -0.2) is 8.42 Å². The van der Waals surface area contributed by atoms with Gasteiger partial charge in [-0.1, -0.05) is 54.3 Å². The zero-order valence-corrected chi connectivity index (χ0v) is 22.3. The van der Waals surface area contributed by atoms with Crippen molar-refractivity contribution in [2.45, 2.75) is 65.1 Å². The van der Waals surface area contributed by atoms with E-state index in [0.29, 0.717) is 10.7 Å². The first-order valence-electron chi connectivity index (χ1n) is 11.8. The molecule has 1 atom stereocenters. The summed E-state index contributed by atoms with van der Waals surface area (Å²) in [6.45, 7) is 5.16. The Morgan fingerprint density at radius 3 is 2.29 bits per heavy atom. The van der Waals surface area contributed by atoms with Crippen LogP contribution in [0.3, 0.4) is 0 Å². The first-order chi connectivity index (χ1) is 16.5. The van der Waals surface area contributed by atoms with Crippen molar-refractivity contribution in [3.05, 3.63) is 64.2 Å². The molecule has 1 N–H and O–H groups in total. The molecule has 0 spiro atoms. The van der Waals surface area contributed by atoms with Crippen LogP contribution in [0.15, 0.2) is 42.5 Å². The Morgan fingerprint density at radius 2 is 1.71 bits per heavy atom. The number of sulfonamides is 1. The standard InChI is InChI=1S/C26H34ClN3O4S/c1-18-9-14-24(19(2)15-18)30(35(4,33)34)17-25(31)29(16-21-10-12-22(27)13-11-21)20(3)26(32)28-23-7-5-6-8-23/h9-15,20,23H,5-8,16-17H2,1-4H3,(H,28,32). The van der Waals surface area contributed by atoms with Crippen molar-refractivity contribution in [3.8, 4) is 0 Å². The topological polar surface area (TPSA) is 86.8 Å². The Balaban J connectivity index is 1.89. The van der Waals surface area contributed by atoms with Crippen LogP contribution in [0.2, 0.25) is 5.02 Å². The van der Waals surface area contributed by atoms with E-state index >= 15 is 0 Å². The summed E-state index contributed by atoms with van der Waals surface area (Å²) in [7, 11) is -3.76. The predicted octanol–water partition coefficient (Wildman–Crippen LogP) is 4.20. The van der Waals surface area contributed by atoms with Crippen molar-refractivity contribution in [1.82, 2.24) is 10.2 Å². The lowest BCUT2D eigenvalue weighted by molar-refractivity contribution is -0.139. The van der Waals surface area contributed by atoms with Crippen LogP contribution in [-0.2, 0) is 26.2 Å². The van der Waals surface area contributed by atoms with Gasteiger partial charge in [0.1, 0.15) is 12.6 Å². The molecule has 0 aliphatic heterocycles. The number of halogens is 1. The Morgan fingerprint density at radius 1 is 1.09 bits per heavy atom. The SMILES string of the molecule is Cc1ccc(N(CC(=O)N(Cc2ccc(Cl)cc2)C(C)C(=O)NC2CCCC2)S(C)(=O)=O)c(C)c1. The predicted molar refractivity (Wildman–Crippen MR) is 140 cm³/mol. The van der Waals surface area contributed by atoms with Gasteiger partial charge in [0.25, 0.3) is 0 Å². The largest absolute Gasteiger partial charge is 0.352 e. The lowest BCUT2D eigenvalue weighted by atomic mass is 10.1. The third kappa shape index (κ3) is 7.21. The molecule has 1 fully saturated rings. The number of nitrogens with zero attached hydrogens (tertiary/aromatic N) is 2. The van der Waals surface area contributed by atoms with Crippen molar-refractivity contribution in [1.29, 1.82) is 0 Å². The van der Waals surface area contributed by atoms with Gasteiger partial charge in [-0.2, -0.15) is 0 Å². The van der Waals surface area contributed by atoms with Gasteiger partial charge in [-0.3, -0.25) is 13.9 Å². The molecule has 1 aliphatic carbocycles. The van der Waals surface area contributed by atoms with Crippen molar-refractivity contribution in [3.63, 3.8) is 0 Å². The fraction of sp³-hybridized carbons (Fsp3) is 0.462. The highest BCUT2D eigenvalue weighted by atomic mass is 35.5. The molecule has 1 aliphatic rings. The molecule has 2 amide bonds. The summed E-state index contributed by atoms with van der Waals surface area (Å²) >= 11 is 6.01. The fourth-order valence-electron chi connectivity index (χ4n) is 4.44. The molecular formula is C26H34ClN3O4S. The molecule has 2 aromatic rings. The van der Waals surface area contributed by atoms with E-state index in [4.69, 9.17) is 11.6 Å². The minimum Gasteiger partial charge on any atom is -0.352 e. The van der Waals surface area contributed by atoms with Crippen LogP contribution < -0.4 is 9.62 Å². The highest BCUT2D eigenvalue weighted by Crippen LogP contribution is 2.25. The minimum absolute atomic E-state index is 0.111. The number of nitrogens with one attached hydrogen (secondary N) is 1. The van der Waals surface area contributed by atoms with Gasteiger partial charge in [0, 0.05) is 17.6 Å².